The Morgan fingerprint density at radius 1 is 0.839 bits per heavy atom. The summed E-state index contributed by atoms with van der Waals surface area (Å²) >= 11 is 0. The normalized spacial score (nSPS) is 12.1. The molecule has 0 saturated carbocycles. The fraction of sp³-hybridized carbons (Fsp3) is 0.296. The van der Waals surface area contributed by atoms with Crippen LogP contribution < -0.4 is 9.47 Å². The largest absolute Gasteiger partial charge is 0.494 e. The van der Waals surface area contributed by atoms with E-state index < -0.39 is 0 Å². The molecule has 0 aliphatic rings. The molecule has 0 bridgehead atoms. The van der Waals surface area contributed by atoms with Crippen LogP contribution in [0.15, 0.2) is 72.8 Å². The van der Waals surface area contributed by atoms with E-state index in [4.69, 9.17) is 14.5 Å². The van der Waals surface area contributed by atoms with Gasteiger partial charge in [0.2, 0.25) is 0 Å². The lowest BCUT2D eigenvalue weighted by Gasteiger charge is -2.17. The highest BCUT2D eigenvalue weighted by molar-refractivity contribution is 5.76. The predicted octanol–water partition coefficient (Wildman–Crippen LogP) is 6.65. The van der Waals surface area contributed by atoms with Crippen molar-refractivity contribution in [3.63, 3.8) is 0 Å². The number of ether oxygens (including phenoxy) is 2. The first kappa shape index (κ1) is 21.0. The lowest BCUT2D eigenvalue weighted by atomic mass is 10.1. The van der Waals surface area contributed by atoms with Crippen LogP contribution in [-0.2, 0) is 6.54 Å². The summed E-state index contributed by atoms with van der Waals surface area (Å²) in [7, 11) is 0. The zero-order chi connectivity index (χ0) is 21.6. The van der Waals surface area contributed by atoms with E-state index in [0.717, 1.165) is 47.7 Å². The Morgan fingerprint density at radius 3 is 2.32 bits per heavy atom. The van der Waals surface area contributed by atoms with E-state index in [1.807, 2.05) is 36.4 Å². The van der Waals surface area contributed by atoms with E-state index in [0.29, 0.717) is 6.61 Å². The van der Waals surface area contributed by atoms with Crippen LogP contribution in [0.2, 0.25) is 0 Å². The Balaban J connectivity index is 1.42. The summed E-state index contributed by atoms with van der Waals surface area (Å²) in [5, 5.41) is 0. The number of benzene rings is 3. The first-order chi connectivity index (χ1) is 15.1. The number of rotatable bonds is 9. The van der Waals surface area contributed by atoms with Crippen molar-refractivity contribution in [3.05, 3.63) is 89.7 Å². The van der Waals surface area contributed by atoms with E-state index in [1.165, 1.54) is 11.1 Å². The van der Waals surface area contributed by atoms with E-state index in [1.54, 1.807) is 0 Å². The van der Waals surface area contributed by atoms with Gasteiger partial charge in [-0.05, 0) is 81.1 Å². The standard InChI is InChI=1S/C27H30N2O2/c1-20-17-21(2)19-24(18-20)30-16-10-9-15-29-26-14-8-7-13-25(26)28-27(29)22(3)31-23-11-5-4-6-12-23/h4-8,11-14,17-19,22H,9-10,15-16H2,1-3H3. The molecule has 0 aliphatic heterocycles. The van der Waals surface area contributed by atoms with Crippen molar-refractivity contribution in [1.82, 2.24) is 9.55 Å². The van der Waals surface area contributed by atoms with Gasteiger partial charge in [-0.15, -0.1) is 0 Å². The van der Waals surface area contributed by atoms with Crippen LogP contribution in [0, 0.1) is 13.8 Å². The third-order valence-electron chi connectivity index (χ3n) is 5.34. The number of aromatic nitrogens is 2. The molecule has 0 fully saturated rings. The van der Waals surface area contributed by atoms with Gasteiger partial charge in [0.25, 0.3) is 0 Å². The minimum absolute atomic E-state index is 0.138. The monoisotopic (exact) mass is 414 g/mol. The summed E-state index contributed by atoms with van der Waals surface area (Å²) in [5.41, 5.74) is 4.62. The third kappa shape index (κ3) is 5.26. The van der Waals surface area contributed by atoms with Gasteiger partial charge in [0.05, 0.1) is 17.6 Å². The van der Waals surface area contributed by atoms with Crippen LogP contribution in [0.25, 0.3) is 11.0 Å². The molecule has 160 valence electrons. The van der Waals surface area contributed by atoms with Crippen molar-refractivity contribution < 1.29 is 9.47 Å². The third-order valence-corrected chi connectivity index (χ3v) is 5.34. The van der Waals surface area contributed by atoms with E-state index >= 15 is 0 Å². The van der Waals surface area contributed by atoms with Crippen LogP contribution in [-0.4, -0.2) is 16.2 Å². The Hall–Kier alpha value is -3.27. The highest BCUT2D eigenvalue weighted by Crippen LogP contribution is 2.25. The minimum atomic E-state index is -0.138. The molecule has 0 radical (unpaired) electrons. The van der Waals surface area contributed by atoms with Crippen molar-refractivity contribution in [2.24, 2.45) is 0 Å². The van der Waals surface area contributed by atoms with Crippen molar-refractivity contribution in [1.29, 1.82) is 0 Å². The SMILES string of the molecule is Cc1cc(C)cc(OCCCCn2c(C(C)Oc3ccccc3)nc3ccccc32)c1. The zero-order valence-corrected chi connectivity index (χ0v) is 18.5. The van der Waals surface area contributed by atoms with Gasteiger partial charge in [-0.3, -0.25) is 0 Å². The van der Waals surface area contributed by atoms with Gasteiger partial charge < -0.3 is 14.0 Å². The van der Waals surface area contributed by atoms with Crippen LogP contribution in [0.5, 0.6) is 11.5 Å². The lowest BCUT2D eigenvalue weighted by Crippen LogP contribution is -2.12. The number of fused-ring (bicyclic) bond motifs is 1. The molecular formula is C27H30N2O2. The average molecular weight is 415 g/mol. The molecule has 0 saturated heterocycles. The molecule has 1 atom stereocenters. The van der Waals surface area contributed by atoms with E-state index in [-0.39, 0.29) is 6.10 Å². The molecule has 4 aromatic rings. The second-order valence-corrected chi connectivity index (χ2v) is 8.06. The Morgan fingerprint density at radius 2 is 1.55 bits per heavy atom. The van der Waals surface area contributed by atoms with Gasteiger partial charge in [0.1, 0.15) is 11.5 Å². The average Bonchev–Trinajstić information content (AvgIpc) is 3.12. The molecule has 31 heavy (non-hydrogen) atoms. The van der Waals surface area contributed by atoms with E-state index in [9.17, 15) is 0 Å². The fourth-order valence-electron chi connectivity index (χ4n) is 3.97. The van der Waals surface area contributed by atoms with E-state index in [2.05, 4.69) is 61.7 Å². The summed E-state index contributed by atoms with van der Waals surface area (Å²) in [6.07, 6.45) is 1.85. The predicted molar refractivity (Wildman–Crippen MR) is 126 cm³/mol. The number of unbranched alkanes of at least 4 members (excludes halogenated alkanes) is 1. The van der Waals surface area contributed by atoms with Gasteiger partial charge in [-0.1, -0.05) is 36.4 Å². The topological polar surface area (TPSA) is 36.3 Å². The maximum absolute atomic E-state index is 6.17. The van der Waals surface area contributed by atoms with Gasteiger partial charge in [-0.25, -0.2) is 4.98 Å². The maximum atomic E-state index is 6.17. The molecule has 3 aromatic carbocycles. The summed E-state index contributed by atoms with van der Waals surface area (Å²) in [4.78, 5) is 4.88. The number of para-hydroxylation sites is 3. The van der Waals surface area contributed by atoms with Crippen molar-refractivity contribution in [3.8, 4) is 11.5 Å². The first-order valence-electron chi connectivity index (χ1n) is 11.0. The zero-order valence-electron chi connectivity index (χ0n) is 18.5. The van der Waals surface area contributed by atoms with Crippen LogP contribution in [0.3, 0.4) is 0 Å². The van der Waals surface area contributed by atoms with Gasteiger partial charge in [-0.2, -0.15) is 0 Å². The Labute approximate surface area is 184 Å². The summed E-state index contributed by atoms with van der Waals surface area (Å²) in [6.45, 7) is 7.86. The quantitative estimate of drug-likeness (QED) is 0.288. The minimum Gasteiger partial charge on any atom is -0.494 e. The molecule has 1 heterocycles. The number of imidazole rings is 1. The van der Waals surface area contributed by atoms with Gasteiger partial charge in [0, 0.05) is 6.54 Å². The summed E-state index contributed by atoms with van der Waals surface area (Å²) < 4.78 is 14.4. The molecule has 0 N–H and O–H groups in total. The second-order valence-electron chi connectivity index (χ2n) is 8.06. The van der Waals surface area contributed by atoms with Crippen molar-refractivity contribution in [2.75, 3.05) is 6.61 Å². The summed E-state index contributed by atoms with van der Waals surface area (Å²) in [5.74, 6) is 2.77. The van der Waals surface area contributed by atoms with Crippen LogP contribution in [0.1, 0.15) is 42.8 Å². The molecule has 4 rings (SSSR count). The number of hydrogen-bond acceptors (Lipinski definition) is 3. The smallest absolute Gasteiger partial charge is 0.153 e. The molecule has 0 spiro atoms. The first-order valence-corrected chi connectivity index (χ1v) is 11.0. The Kier molecular flexibility index (Phi) is 6.56. The maximum Gasteiger partial charge on any atom is 0.153 e. The molecule has 1 unspecified atom stereocenters. The molecule has 1 aromatic heterocycles. The summed E-state index contributed by atoms with van der Waals surface area (Å²) in [6, 6.07) is 24.6. The number of hydrogen-bond donors (Lipinski definition) is 0. The van der Waals surface area contributed by atoms with Crippen molar-refractivity contribution in [2.45, 2.75) is 46.3 Å². The lowest BCUT2D eigenvalue weighted by molar-refractivity contribution is 0.211. The highest BCUT2D eigenvalue weighted by atomic mass is 16.5. The molecule has 4 nitrogen and oxygen atoms in total. The molecule has 0 amide bonds. The molecular weight excluding hydrogens is 384 g/mol. The molecule has 0 aliphatic carbocycles. The van der Waals surface area contributed by atoms with Crippen LogP contribution >= 0.6 is 0 Å². The van der Waals surface area contributed by atoms with Crippen molar-refractivity contribution >= 4 is 11.0 Å². The number of aryl methyl sites for hydroxylation is 3. The highest BCUT2D eigenvalue weighted by Gasteiger charge is 2.17. The second kappa shape index (κ2) is 9.69. The van der Waals surface area contributed by atoms with Gasteiger partial charge >= 0.3 is 0 Å². The van der Waals surface area contributed by atoms with Crippen LogP contribution in [0.4, 0.5) is 0 Å². The number of nitrogens with zero attached hydrogens (tertiary/aromatic N) is 2. The van der Waals surface area contributed by atoms with Gasteiger partial charge in [0.15, 0.2) is 11.9 Å². The molecule has 4 heteroatoms. The Bertz CT molecular complexity index is 1110. The fourth-order valence-corrected chi connectivity index (χ4v) is 3.97.